The van der Waals surface area contributed by atoms with Crippen LogP contribution in [0.2, 0.25) is 5.02 Å². The number of fused-ring (bicyclic) bond motifs is 2. The molecule has 2 aromatic heterocycles. The van der Waals surface area contributed by atoms with Crippen molar-refractivity contribution in [2.45, 2.75) is 36.8 Å². The van der Waals surface area contributed by atoms with E-state index < -0.39 is 15.9 Å². The van der Waals surface area contributed by atoms with E-state index in [-0.39, 0.29) is 22.4 Å². The summed E-state index contributed by atoms with van der Waals surface area (Å²) in [4.78, 5) is 23.5. The second kappa shape index (κ2) is 11.5. The first-order valence-electron chi connectivity index (χ1n) is 13.4. The van der Waals surface area contributed by atoms with E-state index in [9.17, 15) is 13.2 Å². The minimum atomic E-state index is -4.11. The topological polar surface area (TPSA) is 115 Å². The minimum absolute atomic E-state index is 0.0114. The third-order valence-corrected chi connectivity index (χ3v) is 8.69. The number of rotatable bonds is 9. The molecule has 5 aromatic rings. The van der Waals surface area contributed by atoms with Crippen molar-refractivity contribution in [3.05, 3.63) is 95.0 Å². The van der Waals surface area contributed by atoms with Crippen molar-refractivity contribution in [3.8, 4) is 0 Å². The van der Waals surface area contributed by atoms with Crippen molar-refractivity contribution in [1.29, 1.82) is 0 Å². The molecule has 210 valence electrons. The Hall–Kier alpha value is -3.99. The maximum atomic E-state index is 13.8. The molecule has 0 spiro atoms. The van der Waals surface area contributed by atoms with Gasteiger partial charge in [-0.25, -0.2) is 18.4 Å². The highest BCUT2D eigenvalue weighted by Crippen LogP contribution is 2.33. The fraction of sp³-hybridized carbons (Fsp3) is 0.233. The minimum Gasteiger partial charge on any atom is -0.376 e. The molecular formula is C30H28ClN5O4S. The Morgan fingerprint density at radius 2 is 1.68 bits per heavy atom. The van der Waals surface area contributed by atoms with Gasteiger partial charge in [0.05, 0.1) is 28.6 Å². The molecule has 9 nitrogen and oxygen atoms in total. The van der Waals surface area contributed by atoms with Crippen LogP contribution < -0.4 is 10.0 Å². The van der Waals surface area contributed by atoms with Crippen molar-refractivity contribution in [2.24, 2.45) is 0 Å². The van der Waals surface area contributed by atoms with Crippen LogP contribution in [0.25, 0.3) is 22.2 Å². The van der Waals surface area contributed by atoms with E-state index in [1.807, 2.05) is 54.6 Å². The lowest BCUT2D eigenvalue weighted by Gasteiger charge is -2.17. The van der Waals surface area contributed by atoms with E-state index in [4.69, 9.17) is 26.3 Å². The van der Waals surface area contributed by atoms with Gasteiger partial charge in [-0.1, -0.05) is 54.1 Å². The lowest BCUT2D eigenvalue weighted by atomic mass is 10.1. The molecule has 11 heteroatoms. The Morgan fingerprint density at radius 3 is 2.39 bits per heavy atom. The van der Waals surface area contributed by atoms with Crippen molar-refractivity contribution < 1.29 is 17.9 Å². The Bertz CT molecular complexity index is 1820. The zero-order chi connectivity index (χ0) is 28.4. The first-order valence-corrected chi connectivity index (χ1v) is 15.3. The standard InChI is InChI=1S/C30H28ClN5O4S/c31-21-12-14-23(15-13-21)41(38,39)35-28-26(30(37)32-17-16-20-7-2-1-3-8-20)27-29(36(28)19-22-9-6-18-40-22)34-25-11-5-4-10-24(25)33-27/h1-5,7-8,10-15,22,35H,6,9,16-19H2,(H,32,37)/t22-/m0/s1. The van der Waals surface area contributed by atoms with Crippen LogP contribution in [-0.2, 0) is 27.7 Å². The number of amides is 1. The van der Waals surface area contributed by atoms with Crippen LogP contribution in [0.5, 0.6) is 0 Å². The van der Waals surface area contributed by atoms with E-state index in [0.717, 1.165) is 18.4 Å². The highest BCUT2D eigenvalue weighted by molar-refractivity contribution is 7.92. The summed E-state index contributed by atoms with van der Waals surface area (Å²) < 4.78 is 37.5. The van der Waals surface area contributed by atoms with Gasteiger partial charge < -0.3 is 14.6 Å². The normalized spacial score (nSPS) is 15.4. The zero-order valence-corrected chi connectivity index (χ0v) is 23.7. The van der Waals surface area contributed by atoms with Crippen molar-refractivity contribution >= 4 is 55.5 Å². The van der Waals surface area contributed by atoms with Crippen molar-refractivity contribution in [3.63, 3.8) is 0 Å². The Morgan fingerprint density at radius 1 is 0.976 bits per heavy atom. The third-order valence-electron chi connectivity index (χ3n) is 7.09. The smallest absolute Gasteiger partial charge is 0.263 e. The van der Waals surface area contributed by atoms with Gasteiger partial charge in [0, 0.05) is 18.2 Å². The number of halogens is 1. The summed E-state index contributed by atoms with van der Waals surface area (Å²) in [5.74, 6) is -0.353. The molecule has 3 heterocycles. The predicted octanol–water partition coefficient (Wildman–Crippen LogP) is 5.19. The van der Waals surface area contributed by atoms with E-state index >= 15 is 0 Å². The van der Waals surface area contributed by atoms with Crippen LogP contribution in [0.4, 0.5) is 5.82 Å². The molecule has 6 rings (SSSR count). The quantitative estimate of drug-likeness (QED) is 0.244. The number of para-hydroxylation sites is 2. The lowest BCUT2D eigenvalue weighted by Crippen LogP contribution is -2.28. The van der Waals surface area contributed by atoms with Gasteiger partial charge in [-0.2, -0.15) is 0 Å². The fourth-order valence-corrected chi connectivity index (χ4v) is 6.25. The summed E-state index contributed by atoms with van der Waals surface area (Å²) in [7, 11) is -4.11. The number of aromatic nitrogens is 3. The number of nitrogens with one attached hydrogen (secondary N) is 2. The summed E-state index contributed by atoms with van der Waals surface area (Å²) in [6.07, 6.45) is 2.16. The maximum absolute atomic E-state index is 13.8. The summed E-state index contributed by atoms with van der Waals surface area (Å²) in [5, 5.41) is 3.38. The number of carbonyl (C=O) groups excluding carboxylic acids is 1. The molecule has 3 aromatic carbocycles. The number of carbonyl (C=O) groups is 1. The predicted molar refractivity (Wildman–Crippen MR) is 159 cm³/mol. The number of anilines is 1. The molecule has 0 aliphatic carbocycles. The second-order valence-electron chi connectivity index (χ2n) is 9.90. The van der Waals surface area contributed by atoms with E-state index in [0.29, 0.717) is 53.3 Å². The van der Waals surface area contributed by atoms with Crippen LogP contribution in [0.15, 0.2) is 83.8 Å². The average molecular weight is 590 g/mol. The first-order chi connectivity index (χ1) is 19.9. The Labute approximate surface area is 242 Å². The van der Waals surface area contributed by atoms with E-state index in [1.54, 1.807) is 4.57 Å². The molecule has 0 unspecified atom stereocenters. The summed E-state index contributed by atoms with van der Waals surface area (Å²) in [6, 6.07) is 23.0. The molecule has 1 aliphatic heterocycles. The highest BCUT2D eigenvalue weighted by atomic mass is 35.5. The van der Waals surface area contributed by atoms with Crippen LogP contribution in [-0.4, -0.2) is 48.1 Å². The van der Waals surface area contributed by atoms with Crippen LogP contribution >= 0.6 is 11.6 Å². The molecule has 41 heavy (non-hydrogen) atoms. The van der Waals surface area contributed by atoms with Gasteiger partial charge in [0.2, 0.25) is 0 Å². The first kappa shape index (κ1) is 27.2. The van der Waals surface area contributed by atoms with E-state index in [1.165, 1.54) is 24.3 Å². The molecule has 0 saturated carbocycles. The summed E-state index contributed by atoms with van der Waals surface area (Å²) >= 11 is 6.00. The summed E-state index contributed by atoms with van der Waals surface area (Å²) in [5.41, 5.74) is 3.13. The van der Waals surface area contributed by atoms with Crippen LogP contribution in [0, 0.1) is 0 Å². The third kappa shape index (κ3) is 5.76. The number of ether oxygens (including phenoxy) is 1. The Kier molecular flexibility index (Phi) is 7.61. The second-order valence-corrected chi connectivity index (χ2v) is 12.0. The van der Waals surface area contributed by atoms with Gasteiger partial charge >= 0.3 is 0 Å². The number of hydrogen-bond donors (Lipinski definition) is 2. The van der Waals surface area contributed by atoms with E-state index in [2.05, 4.69) is 10.0 Å². The molecule has 1 aliphatic rings. The number of nitrogens with zero attached hydrogens (tertiary/aromatic N) is 3. The molecule has 0 radical (unpaired) electrons. The Balaban J connectivity index is 1.48. The van der Waals surface area contributed by atoms with Gasteiger partial charge in [0.15, 0.2) is 5.65 Å². The average Bonchev–Trinajstić information content (AvgIpc) is 3.59. The van der Waals surface area contributed by atoms with Crippen LogP contribution in [0.1, 0.15) is 28.8 Å². The SMILES string of the molecule is O=C(NCCc1ccccc1)c1c(NS(=O)(=O)c2ccc(Cl)cc2)n(C[C@@H]2CCCO2)c2nc3ccccc3nc12. The molecule has 2 N–H and O–H groups in total. The number of benzene rings is 3. The molecule has 0 bridgehead atoms. The number of hydrogen-bond acceptors (Lipinski definition) is 6. The highest BCUT2D eigenvalue weighted by Gasteiger charge is 2.31. The van der Waals surface area contributed by atoms with Gasteiger partial charge in [0.1, 0.15) is 16.9 Å². The summed E-state index contributed by atoms with van der Waals surface area (Å²) in [6.45, 7) is 1.28. The molecular weight excluding hydrogens is 562 g/mol. The van der Waals surface area contributed by atoms with Crippen molar-refractivity contribution in [2.75, 3.05) is 17.9 Å². The molecule has 1 saturated heterocycles. The van der Waals surface area contributed by atoms with Gasteiger partial charge in [-0.3, -0.25) is 9.52 Å². The largest absolute Gasteiger partial charge is 0.376 e. The van der Waals surface area contributed by atoms with Crippen LogP contribution in [0.3, 0.4) is 0 Å². The maximum Gasteiger partial charge on any atom is 0.263 e. The van der Waals surface area contributed by atoms with Gasteiger partial charge in [-0.15, -0.1) is 0 Å². The fourth-order valence-electron chi connectivity index (χ4n) is 5.04. The molecule has 1 fully saturated rings. The molecule has 1 amide bonds. The number of sulfonamides is 1. The van der Waals surface area contributed by atoms with Gasteiger partial charge in [0.25, 0.3) is 15.9 Å². The molecule has 1 atom stereocenters. The zero-order valence-electron chi connectivity index (χ0n) is 22.1. The van der Waals surface area contributed by atoms with Crippen molar-refractivity contribution in [1.82, 2.24) is 19.9 Å². The monoisotopic (exact) mass is 589 g/mol. The lowest BCUT2D eigenvalue weighted by molar-refractivity contribution is 0.0949. The van der Waals surface area contributed by atoms with Gasteiger partial charge in [-0.05, 0) is 61.2 Å².